The van der Waals surface area contributed by atoms with Crippen molar-refractivity contribution in [2.24, 2.45) is 0 Å². The summed E-state index contributed by atoms with van der Waals surface area (Å²) >= 11 is 0. The zero-order valence-corrected chi connectivity index (χ0v) is 33.4. The van der Waals surface area contributed by atoms with Crippen LogP contribution in [0.25, 0.3) is 0 Å². The molecule has 0 aliphatic heterocycles. The van der Waals surface area contributed by atoms with Gasteiger partial charge in [0.05, 0.1) is 6.61 Å². The number of esters is 2. The van der Waals surface area contributed by atoms with Crippen LogP contribution < -0.4 is 0 Å². The standard InChI is InChI=1S/C40H69O13P/c1-3-5-7-9-11-13-14-15-16-17-18-19-20-21-23-24-26-28-33(41)50-30-32(52-34(42)29-27-25-22-12-10-8-6-4-2)31-51-54(48,49)53-40-38(46)36(44)35(43)37(45)39(40)47/h7,9,13-14,16-17,19-20,32,35-40,43-47H,3-6,8,10-12,15,18,21-31H2,1-2H3,(H,48,49)/b9-7+,14-13+,17-16+,20-19+/t32-,35?,36-,37?,38?,39?,40?/m0/s1. The summed E-state index contributed by atoms with van der Waals surface area (Å²) in [6, 6.07) is 0. The van der Waals surface area contributed by atoms with Gasteiger partial charge in [-0.05, 0) is 51.4 Å². The van der Waals surface area contributed by atoms with E-state index in [1.54, 1.807) is 0 Å². The summed E-state index contributed by atoms with van der Waals surface area (Å²) in [4.78, 5) is 35.4. The molecule has 0 amide bonds. The fourth-order valence-corrected chi connectivity index (χ4v) is 6.60. The molecule has 14 heteroatoms. The summed E-state index contributed by atoms with van der Waals surface area (Å²) in [6.45, 7) is 3.12. The second kappa shape index (κ2) is 31.0. The molecule has 1 aliphatic rings. The molecule has 54 heavy (non-hydrogen) atoms. The average Bonchev–Trinajstić information content (AvgIpc) is 3.15. The smallest absolute Gasteiger partial charge is 0.462 e. The van der Waals surface area contributed by atoms with Gasteiger partial charge in [0.25, 0.3) is 0 Å². The molecule has 0 radical (unpaired) electrons. The number of allylic oxidation sites excluding steroid dienone is 8. The number of phosphoric acid groups is 1. The lowest BCUT2D eigenvalue weighted by atomic mass is 9.85. The minimum absolute atomic E-state index is 0.0879. The van der Waals surface area contributed by atoms with Gasteiger partial charge in [0.15, 0.2) is 6.10 Å². The van der Waals surface area contributed by atoms with Crippen LogP contribution in [0.1, 0.15) is 136 Å². The number of hydrogen-bond acceptors (Lipinski definition) is 12. The number of hydrogen-bond donors (Lipinski definition) is 6. The fraction of sp³-hybridized carbons (Fsp3) is 0.750. The van der Waals surface area contributed by atoms with Gasteiger partial charge in [-0.15, -0.1) is 0 Å². The number of carbonyl (C=O) groups excluding carboxylic acids is 2. The second-order valence-corrected chi connectivity index (χ2v) is 15.2. The Hall–Kier alpha value is -2.19. The van der Waals surface area contributed by atoms with Gasteiger partial charge in [0.1, 0.15) is 43.2 Å². The van der Waals surface area contributed by atoms with E-state index in [9.17, 15) is 44.6 Å². The zero-order chi connectivity index (χ0) is 40.0. The maximum absolute atomic E-state index is 12.7. The van der Waals surface area contributed by atoms with Crippen LogP contribution in [0.15, 0.2) is 48.6 Å². The minimum Gasteiger partial charge on any atom is -0.462 e. The average molecular weight is 789 g/mol. The number of phosphoric ester groups is 1. The highest BCUT2D eigenvalue weighted by Crippen LogP contribution is 2.47. The van der Waals surface area contributed by atoms with E-state index in [0.29, 0.717) is 12.8 Å². The Kier molecular flexibility index (Phi) is 28.6. The summed E-state index contributed by atoms with van der Waals surface area (Å²) in [5.41, 5.74) is 0. The number of carbonyl (C=O) groups is 2. The van der Waals surface area contributed by atoms with Crippen LogP contribution in [0.4, 0.5) is 0 Å². The lowest BCUT2D eigenvalue weighted by molar-refractivity contribution is -0.220. The van der Waals surface area contributed by atoms with Crippen molar-refractivity contribution in [1.29, 1.82) is 0 Å². The number of aliphatic hydroxyl groups is 5. The van der Waals surface area contributed by atoms with E-state index in [2.05, 4.69) is 62.5 Å². The van der Waals surface area contributed by atoms with Crippen LogP contribution in [-0.4, -0.2) is 98.3 Å². The first kappa shape index (κ1) is 49.8. The molecular weight excluding hydrogens is 719 g/mol. The molecule has 1 saturated carbocycles. The first-order valence-electron chi connectivity index (χ1n) is 19.9. The highest BCUT2D eigenvalue weighted by Gasteiger charge is 2.51. The monoisotopic (exact) mass is 788 g/mol. The van der Waals surface area contributed by atoms with Gasteiger partial charge in [-0.2, -0.15) is 0 Å². The van der Waals surface area contributed by atoms with Gasteiger partial charge in [-0.25, -0.2) is 4.57 Å². The van der Waals surface area contributed by atoms with E-state index in [4.69, 9.17) is 18.5 Å². The summed E-state index contributed by atoms with van der Waals surface area (Å²) in [5.74, 6) is -1.15. The lowest BCUT2D eigenvalue weighted by Crippen LogP contribution is -2.64. The molecule has 0 bridgehead atoms. The molecule has 0 aromatic carbocycles. The van der Waals surface area contributed by atoms with E-state index in [0.717, 1.165) is 77.0 Å². The molecule has 312 valence electrons. The maximum Gasteiger partial charge on any atom is 0.472 e. The van der Waals surface area contributed by atoms with Crippen LogP contribution in [-0.2, 0) is 32.7 Å². The highest BCUT2D eigenvalue weighted by molar-refractivity contribution is 7.47. The summed E-state index contributed by atoms with van der Waals surface area (Å²) < 4.78 is 33.2. The van der Waals surface area contributed by atoms with Crippen molar-refractivity contribution in [3.8, 4) is 0 Å². The van der Waals surface area contributed by atoms with Crippen molar-refractivity contribution in [1.82, 2.24) is 0 Å². The quantitative estimate of drug-likeness (QED) is 0.0194. The zero-order valence-electron chi connectivity index (χ0n) is 32.5. The van der Waals surface area contributed by atoms with Crippen LogP contribution in [0, 0.1) is 0 Å². The Morgan fingerprint density at radius 2 is 1.04 bits per heavy atom. The largest absolute Gasteiger partial charge is 0.472 e. The third kappa shape index (κ3) is 23.7. The van der Waals surface area contributed by atoms with Gasteiger partial charge in [-0.3, -0.25) is 18.6 Å². The SMILES string of the molecule is CCC/C=C/C/C=C/C/C=C/C/C=C/CCCCCC(=O)OC[C@@H](COP(=O)(O)OC1C(O)C(O)C(O)[C@H](O)C1O)OC(=O)CCCCCCCCCC. The van der Waals surface area contributed by atoms with Crippen molar-refractivity contribution < 1.29 is 63.1 Å². The minimum atomic E-state index is -5.11. The van der Waals surface area contributed by atoms with Gasteiger partial charge in [0.2, 0.25) is 0 Å². The fourth-order valence-electron chi connectivity index (χ4n) is 5.63. The third-order valence-electron chi connectivity index (χ3n) is 8.90. The molecule has 0 spiro atoms. The Balaban J connectivity index is 2.51. The van der Waals surface area contributed by atoms with E-state index in [-0.39, 0.29) is 12.8 Å². The predicted octanol–water partition coefficient (Wildman–Crippen LogP) is 6.44. The molecule has 1 rings (SSSR count). The molecule has 1 aliphatic carbocycles. The Morgan fingerprint density at radius 1 is 0.574 bits per heavy atom. The molecule has 1 fully saturated rings. The first-order valence-corrected chi connectivity index (χ1v) is 21.4. The van der Waals surface area contributed by atoms with Gasteiger partial charge in [-0.1, -0.05) is 120 Å². The molecule has 0 aromatic heterocycles. The third-order valence-corrected chi connectivity index (χ3v) is 9.89. The summed E-state index contributed by atoms with van der Waals surface area (Å²) in [6.07, 6.45) is 20.6. The van der Waals surface area contributed by atoms with Crippen molar-refractivity contribution >= 4 is 19.8 Å². The number of ether oxygens (including phenoxy) is 2. The molecule has 0 saturated heterocycles. The Bertz CT molecular complexity index is 1140. The maximum atomic E-state index is 12.7. The second-order valence-electron chi connectivity index (χ2n) is 13.8. The molecule has 0 aromatic rings. The van der Waals surface area contributed by atoms with Crippen molar-refractivity contribution in [2.45, 2.75) is 179 Å². The van der Waals surface area contributed by atoms with Crippen molar-refractivity contribution in [3.63, 3.8) is 0 Å². The van der Waals surface area contributed by atoms with Crippen molar-refractivity contribution in [3.05, 3.63) is 48.6 Å². The normalized spacial score (nSPS) is 23.8. The van der Waals surface area contributed by atoms with Crippen molar-refractivity contribution in [2.75, 3.05) is 13.2 Å². The number of unbranched alkanes of at least 4 members (excludes halogenated alkanes) is 11. The van der Waals surface area contributed by atoms with Gasteiger partial charge < -0.3 is 39.9 Å². The lowest BCUT2D eigenvalue weighted by Gasteiger charge is -2.41. The van der Waals surface area contributed by atoms with E-state index >= 15 is 0 Å². The Morgan fingerprint density at radius 3 is 1.59 bits per heavy atom. The Labute approximate surface area is 322 Å². The van der Waals surface area contributed by atoms with E-state index in [1.165, 1.54) is 19.3 Å². The van der Waals surface area contributed by atoms with E-state index in [1.807, 2.05) is 0 Å². The summed E-state index contributed by atoms with van der Waals surface area (Å²) in [5, 5.41) is 49.9. The van der Waals surface area contributed by atoms with Gasteiger partial charge >= 0.3 is 19.8 Å². The predicted molar refractivity (Wildman–Crippen MR) is 207 cm³/mol. The highest BCUT2D eigenvalue weighted by atomic mass is 31.2. The summed E-state index contributed by atoms with van der Waals surface area (Å²) in [7, 11) is -5.11. The molecular formula is C40H69O13P. The molecule has 6 unspecified atom stereocenters. The first-order chi connectivity index (χ1) is 25.9. The van der Waals surface area contributed by atoms with Crippen LogP contribution in [0.5, 0.6) is 0 Å². The topological polar surface area (TPSA) is 210 Å². The molecule has 6 N–H and O–H groups in total. The molecule has 8 atom stereocenters. The van der Waals surface area contributed by atoms with Crippen LogP contribution >= 0.6 is 7.82 Å². The van der Waals surface area contributed by atoms with Crippen LogP contribution in [0.2, 0.25) is 0 Å². The van der Waals surface area contributed by atoms with E-state index < -0.39 is 75.7 Å². The number of rotatable bonds is 31. The molecule has 0 heterocycles. The van der Waals surface area contributed by atoms with Crippen LogP contribution in [0.3, 0.4) is 0 Å². The van der Waals surface area contributed by atoms with Gasteiger partial charge in [0, 0.05) is 12.8 Å². The number of aliphatic hydroxyl groups excluding tert-OH is 5. The molecule has 13 nitrogen and oxygen atoms in total.